The first kappa shape index (κ1) is 12.0. The van der Waals surface area contributed by atoms with Gasteiger partial charge in [-0.2, -0.15) is 0 Å². The minimum Gasteiger partial charge on any atom is -0.314 e. The fourth-order valence-corrected chi connectivity index (χ4v) is 3.99. The number of likely N-dealkylation sites (tertiary alicyclic amines) is 1. The number of hydrogen-bond acceptors (Lipinski definition) is 2. The van der Waals surface area contributed by atoms with Crippen molar-refractivity contribution < 1.29 is 0 Å². The molecule has 3 fully saturated rings. The van der Waals surface area contributed by atoms with Gasteiger partial charge in [-0.1, -0.05) is 6.42 Å². The van der Waals surface area contributed by atoms with Crippen LogP contribution >= 0.6 is 0 Å². The molecule has 98 valence electrons. The average molecular weight is 236 g/mol. The molecule has 2 nitrogen and oxygen atoms in total. The van der Waals surface area contributed by atoms with Gasteiger partial charge in [0.2, 0.25) is 0 Å². The highest BCUT2D eigenvalue weighted by Gasteiger charge is 2.36. The van der Waals surface area contributed by atoms with Gasteiger partial charge >= 0.3 is 0 Å². The summed E-state index contributed by atoms with van der Waals surface area (Å²) in [5, 5.41) is 3.66. The van der Waals surface area contributed by atoms with Gasteiger partial charge in [-0.05, 0) is 70.9 Å². The Hall–Kier alpha value is -0.0800. The Morgan fingerprint density at radius 1 is 1.12 bits per heavy atom. The van der Waals surface area contributed by atoms with E-state index in [1.165, 1.54) is 64.5 Å². The van der Waals surface area contributed by atoms with Crippen LogP contribution in [0.15, 0.2) is 0 Å². The van der Waals surface area contributed by atoms with Crippen LogP contribution in [0, 0.1) is 5.92 Å². The SMILES string of the molecule is CC(CCNC1CC1)N1CCCC2CCCC21. The van der Waals surface area contributed by atoms with Crippen LogP contribution in [-0.2, 0) is 0 Å². The molecular weight excluding hydrogens is 208 g/mol. The average Bonchev–Trinajstić information content (AvgIpc) is 3.04. The lowest BCUT2D eigenvalue weighted by Crippen LogP contribution is -2.48. The van der Waals surface area contributed by atoms with E-state index in [2.05, 4.69) is 17.1 Å². The van der Waals surface area contributed by atoms with Crippen molar-refractivity contribution in [1.82, 2.24) is 10.2 Å². The second kappa shape index (κ2) is 5.27. The van der Waals surface area contributed by atoms with Gasteiger partial charge in [-0.25, -0.2) is 0 Å². The summed E-state index contributed by atoms with van der Waals surface area (Å²) in [6.45, 7) is 5.06. The minimum absolute atomic E-state index is 0.798. The lowest BCUT2D eigenvalue weighted by molar-refractivity contribution is 0.0710. The molecule has 1 N–H and O–H groups in total. The van der Waals surface area contributed by atoms with Crippen molar-refractivity contribution in [3.63, 3.8) is 0 Å². The first-order chi connectivity index (χ1) is 8.34. The van der Waals surface area contributed by atoms with Crippen LogP contribution in [0.4, 0.5) is 0 Å². The maximum absolute atomic E-state index is 3.66. The summed E-state index contributed by atoms with van der Waals surface area (Å²) in [6, 6.07) is 2.62. The van der Waals surface area contributed by atoms with Crippen LogP contribution < -0.4 is 5.32 Å². The van der Waals surface area contributed by atoms with Crippen molar-refractivity contribution in [1.29, 1.82) is 0 Å². The van der Waals surface area contributed by atoms with Crippen LogP contribution in [0.3, 0.4) is 0 Å². The number of nitrogens with one attached hydrogen (secondary N) is 1. The normalized spacial score (nSPS) is 35.8. The zero-order valence-corrected chi connectivity index (χ0v) is 11.3. The molecular formula is C15H28N2. The zero-order valence-electron chi connectivity index (χ0n) is 11.3. The quantitative estimate of drug-likeness (QED) is 0.789. The lowest BCUT2D eigenvalue weighted by Gasteiger charge is -2.41. The van der Waals surface area contributed by atoms with Crippen molar-refractivity contribution in [2.45, 2.75) is 76.4 Å². The van der Waals surface area contributed by atoms with E-state index in [-0.39, 0.29) is 0 Å². The summed E-state index contributed by atoms with van der Waals surface area (Å²) in [4.78, 5) is 2.84. The van der Waals surface area contributed by atoms with Crippen LogP contribution in [0.2, 0.25) is 0 Å². The predicted octanol–water partition coefficient (Wildman–Crippen LogP) is 2.78. The standard InChI is InChI=1S/C15H28N2/c1-12(9-10-16-14-7-8-14)17-11-3-5-13-4-2-6-15(13)17/h12-16H,2-11H2,1H3. The highest BCUT2D eigenvalue weighted by molar-refractivity contribution is 4.91. The molecule has 0 spiro atoms. The predicted molar refractivity (Wildman–Crippen MR) is 72.2 cm³/mol. The summed E-state index contributed by atoms with van der Waals surface area (Å²) >= 11 is 0. The van der Waals surface area contributed by atoms with Gasteiger partial charge in [0.05, 0.1) is 0 Å². The largest absolute Gasteiger partial charge is 0.314 e. The fraction of sp³-hybridized carbons (Fsp3) is 1.00. The number of nitrogens with zero attached hydrogens (tertiary/aromatic N) is 1. The Morgan fingerprint density at radius 3 is 2.76 bits per heavy atom. The molecule has 2 saturated carbocycles. The van der Waals surface area contributed by atoms with E-state index >= 15 is 0 Å². The molecule has 17 heavy (non-hydrogen) atoms. The number of hydrogen-bond donors (Lipinski definition) is 1. The molecule has 2 aliphatic carbocycles. The summed E-state index contributed by atoms with van der Waals surface area (Å²) in [7, 11) is 0. The van der Waals surface area contributed by atoms with Gasteiger partial charge in [-0.15, -0.1) is 0 Å². The number of fused-ring (bicyclic) bond motifs is 1. The van der Waals surface area contributed by atoms with Crippen LogP contribution in [0.25, 0.3) is 0 Å². The van der Waals surface area contributed by atoms with Gasteiger partial charge in [0, 0.05) is 18.1 Å². The number of rotatable bonds is 5. The third kappa shape index (κ3) is 2.85. The number of piperidine rings is 1. The van der Waals surface area contributed by atoms with E-state index in [4.69, 9.17) is 0 Å². The van der Waals surface area contributed by atoms with E-state index < -0.39 is 0 Å². The molecule has 3 aliphatic rings. The molecule has 0 radical (unpaired) electrons. The molecule has 0 amide bonds. The van der Waals surface area contributed by atoms with E-state index in [9.17, 15) is 0 Å². The van der Waals surface area contributed by atoms with Crippen molar-refractivity contribution in [2.24, 2.45) is 5.92 Å². The molecule has 0 aromatic rings. The van der Waals surface area contributed by atoms with E-state index in [1.807, 2.05) is 0 Å². The molecule has 0 bridgehead atoms. The maximum Gasteiger partial charge on any atom is 0.0126 e. The van der Waals surface area contributed by atoms with Gasteiger partial charge in [0.1, 0.15) is 0 Å². The molecule has 3 atom stereocenters. The maximum atomic E-state index is 3.66. The van der Waals surface area contributed by atoms with E-state index in [0.29, 0.717) is 0 Å². The lowest BCUT2D eigenvalue weighted by atomic mass is 9.90. The van der Waals surface area contributed by atoms with E-state index in [1.54, 1.807) is 0 Å². The molecule has 3 unspecified atom stereocenters. The van der Waals surface area contributed by atoms with Crippen molar-refractivity contribution in [3.05, 3.63) is 0 Å². The smallest absolute Gasteiger partial charge is 0.0126 e. The molecule has 1 aliphatic heterocycles. The van der Waals surface area contributed by atoms with Crippen LogP contribution in [-0.4, -0.2) is 36.1 Å². The third-order valence-corrected chi connectivity index (χ3v) is 5.17. The molecule has 0 aromatic heterocycles. The Kier molecular flexibility index (Phi) is 3.72. The van der Waals surface area contributed by atoms with Gasteiger partial charge in [0.25, 0.3) is 0 Å². The third-order valence-electron chi connectivity index (χ3n) is 5.17. The molecule has 3 rings (SSSR count). The molecule has 1 heterocycles. The first-order valence-corrected chi connectivity index (χ1v) is 7.84. The minimum atomic E-state index is 0.798. The highest BCUT2D eigenvalue weighted by Crippen LogP contribution is 2.37. The van der Waals surface area contributed by atoms with Crippen molar-refractivity contribution >= 4 is 0 Å². The summed E-state index contributed by atoms with van der Waals surface area (Å²) < 4.78 is 0. The van der Waals surface area contributed by atoms with E-state index in [0.717, 1.165) is 24.0 Å². The Bertz CT molecular complexity index is 249. The van der Waals surface area contributed by atoms with Crippen LogP contribution in [0.1, 0.15) is 58.3 Å². The summed E-state index contributed by atoms with van der Waals surface area (Å²) in [6.07, 6.45) is 11.6. The fourth-order valence-electron chi connectivity index (χ4n) is 3.99. The zero-order chi connectivity index (χ0) is 11.7. The van der Waals surface area contributed by atoms with Gasteiger partial charge < -0.3 is 5.32 Å². The Morgan fingerprint density at radius 2 is 1.94 bits per heavy atom. The second-order valence-electron chi connectivity index (χ2n) is 6.50. The first-order valence-electron chi connectivity index (χ1n) is 7.84. The van der Waals surface area contributed by atoms with Gasteiger partial charge in [0.15, 0.2) is 0 Å². The van der Waals surface area contributed by atoms with Crippen molar-refractivity contribution in [2.75, 3.05) is 13.1 Å². The second-order valence-corrected chi connectivity index (χ2v) is 6.50. The molecule has 0 aromatic carbocycles. The summed E-state index contributed by atoms with van der Waals surface area (Å²) in [5.41, 5.74) is 0. The van der Waals surface area contributed by atoms with Crippen LogP contribution in [0.5, 0.6) is 0 Å². The monoisotopic (exact) mass is 236 g/mol. The van der Waals surface area contributed by atoms with Crippen molar-refractivity contribution in [3.8, 4) is 0 Å². The Balaban J connectivity index is 1.47. The highest BCUT2D eigenvalue weighted by atomic mass is 15.2. The van der Waals surface area contributed by atoms with Gasteiger partial charge in [-0.3, -0.25) is 4.90 Å². The molecule has 2 heteroatoms. The Labute approximate surface area is 106 Å². The molecule has 1 saturated heterocycles. The summed E-state index contributed by atoms with van der Waals surface area (Å²) in [5.74, 6) is 1.04. The topological polar surface area (TPSA) is 15.3 Å².